The Morgan fingerprint density at radius 1 is 1.48 bits per heavy atom. The highest BCUT2D eigenvalue weighted by molar-refractivity contribution is 7.20. The Morgan fingerprint density at radius 2 is 2.24 bits per heavy atom. The van der Waals surface area contributed by atoms with Gasteiger partial charge < -0.3 is 15.2 Å². The van der Waals surface area contributed by atoms with Crippen molar-refractivity contribution in [2.45, 2.75) is 20.8 Å². The zero-order valence-corrected chi connectivity index (χ0v) is 13.2. The fourth-order valence-electron chi connectivity index (χ4n) is 1.88. The van der Waals surface area contributed by atoms with Gasteiger partial charge in [-0.3, -0.25) is 0 Å². The largest absolute Gasteiger partial charge is 0.461 e. The fourth-order valence-corrected chi connectivity index (χ4v) is 2.92. The molecule has 2 rings (SSSR count). The Morgan fingerprint density at radius 3 is 2.90 bits per heavy atom. The molecule has 0 unspecified atom stereocenters. The van der Waals surface area contributed by atoms with Crippen LogP contribution < -0.4 is 5.32 Å². The van der Waals surface area contributed by atoms with Crippen LogP contribution in [0.2, 0.25) is 0 Å². The van der Waals surface area contributed by atoms with Crippen LogP contribution in [0.25, 0.3) is 10.2 Å². The summed E-state index contributed by atoms with van der Waals surface area (Å²) in [6, 6.07) is 0. The molecule has 6 nitrogen and oxygen atoms in total. The summed E-state index contributed by atoms with van der Waals surface area (Å²) in [6.45, 7) is 6.65. The lowest BCUT2D eigenvalue weighted by atomic mass is 10.2. The molecule has 21 heavy (non-hydrogen) atoms. The van der Waals surface area contributed by atoms with Gasteiger partial charge in [0.2, 0.25) is 0 Å². The first-order valence-corrected chi connectivity index (χ1v) is 7.62. The van der Waals surface area contributed by atoms with Crippen LogP contribution in [0.1, 0.15) is 29.1 Å². The molecule has 0 radical (unpaired) electrons. The van der Waals surface area contributed by atoms with Crippen molar-refractivity contribution in [1.82, 2.24) is 9.97 Å². The van der Waals surface area contributed by atoms with Crippen LogP contribution in [0.15, 0.2) is 6.33 Å². The molecule has 0 spiro atoms. The number of hydrogen-bond acceptors (Lipinski definition) is 7. The van der Waals surface area contributed by atoms with Gasteiger partial charge in [-0.05, 0) is 18.4 Å². The number of nitrogens with one attached hydrogen (secondary N) is 1. The predicted molar refractivity (Wildman–Crippen MR) is 82.8 cm³/mol. The number of carbonyl (C=O) groups is 1. The van der Waals surface area contributed by atoms with Crippen LogP contribution in [-0.4, -0.2) is 40.8 Å². The lowest BCUT2D eigenvalue weighted by Gasteiger charge is -2.07. The van der Waals surface area contributed by atoms with E-state index in [9.17, 15) is 4.79 Å². The molecule has 7 heteroatoms. The molecule has 2 heterocycles. The summed E-state index contributed by atoms with van der Waals surface area (Å²) in [7, 11) is 0. The van der Waals surface area contributed by atoms with Gasteiger partial charge in [-0.1, -0.05) is 13.8 Å². The second-order valence-corrected chi connectivity index (χ2v) is 6.10. The Balaban J connectivity index is 2.34. The van der Waals surface area contributed by atoms with Crippen LogP contribution in [0.3, 0.4) is 0 Å². The highest BCUT2D eigenvalue weighted by Gasteiger charge is 2.20. The van der Waals surface area contributed by atoms with E-state index in [0.717, 1.165) is 15.8 Å². The smallest absolute Gasteiger partial charge is 0.348 e. The van der Waals surface area contributed by atoms with Crippen molar-refractivity contribution in [3.05, 3.63) is 16.8 Å². The van der Waals surface area contributed by atoms with Gasteiger partial charge in [0.05, 0.1) is 18.6 Å². The van der Waals surface area contributed by atoms with E-state index >= 15 is 0 Å². The van der Waals surface area contributed by atoms with Crippen molar-refractivity contribution in [1.29, 1.82) is 0 Å². The lowest BCUT2D eigenvalue weighted by molar-refractivity contribution is 0.0464. The molecular formula is C14H19N3O3S. The van der Waals surface area contributed by atoms with Gasteiger partial charge in [0, 0.05) is 6.54 Å². The number of esters is 1. The minimum absolute atomic E-state index is 0.0119. The van der Waals surface area contributed by atoms with E-state index in [1.165, 1.54) is 17.7 Å². The highest BCUT2D eigenvalue weighted by atomic mass is 32.1. The number of aliphatic hydroxyl groups is 1. The number of hydrogen-bond donors (Lipinski definition) is 2. The summed E-state index contributed by atoms with van der Waals surface area (Å²) < 4.78 is 5.28. The SMILES string of the molecule is Cc1c(C(=O)OCC(C)C)sc2ncnc(NCCO)c12. The van der Waals surface area contributed by atoms with Gasteiger partial charge in [0.25, 0.3) is 0 Å². The van der Waals surface area contributed by atoms with Crippen LogP contribution in [0.5, 0.6) is 0 Å². The van der Waals surface area contributed by atoms with E-state index in [2.05, 4.69) is 15.3 Å². The second-order valence-electron chi connectivity index (χ2n) is 5.10. The topological polar surface area (TPSA) is 84.3 Å². The van der Waals surface area contributed by atoms with Crippen molar-refractivity contribution in [2.75, 3.05) is 25.1 Å². The second kappa shape index (κ2) is 6.82. The number of nitrogens with zero attached hydrogens (tertiary/aromatic N) is 2. The third-order valence-corrected chi connectivity index (χ3v) is 4.04. The summed E-state index contributed by atoms with van der Waals surface area (Å²) in [5.74, 6) is 0.605. The van der Waals surface area contributed by atoms with Gasteiger partial charge in [0.1, 0.15) is 21.9 Å². The number of aliphatic hydroxyl groups excluding tert-OH is 1. The molecule has 2 N–H and O–H groups in total. The summed E-state index contributed by atoms with van der Waals surface area (Å²) >= 11 is 1.30. The number of thiophene rings is 1. The summed E-state index contributed by atoms with van der Waals surface area (Å²) in [5.41, 5.74) is 0.810. The normalized spacial score (nSPS) is 11.1. The first kappa shape index (κ1) is 15.7. The summed E-state index contributed by atoms with van der Waals surface area (Å²) in [6.07, 6.45) is 1.45. The molecule has 0 atom stereocenters. The van der Waals surface area contributed by atoms with Gasteiger partial charge in [-0.15, -0.1) is 11.3 Å². The third-order valence-electron chi connectivity index (χ3n) is 2.86. The number of carbonyl (C=O) groups excluding carboxylic acids is 1. The summed E-state index contributed by atoms with van der Waals surface area (Å²) in [4.78, 5) is 21.8. The zero-order chi connectivity index (χ0) is 15.4. The van der Waals surface area contributed by atoms with E-state index in [4.69, 9.17) is 9.84 Å². The predicted octanol–water partition coefficient (Wildman–Crippen LogP) is 2.22. The van der Waals surface area contributed by atoms with Crippen molar-refractivity contribution >= 4 is 33.3 Å². The van der Waals surface area contributed by atoms with E-state index in [0.29, 0.717) is 29.8 Å². The molecule has 0 saturated carbocycles. The number of aromatic nitrogens is 2. The Bertz CT molecular complexity index is 640. The highest BCUT2D eigenvalue weighted by Crippen LogP contribution is 2.33. The molecule has 0 aliphatic heterocycles. The molecule has 2 aromatic heterocycles. The molecule has 0 aromatic carbocycles. The van der Waals surface area contributed by atoms with E-state index in [1.807, 2.05) is 20.8 Å². The average molecular weight is 309 g/mol. The Labute approximate surface area is 127 Å². The van der Waals surface area contributed by atoms with Crippen molar-refractivity contribution in [3.8, 4) is 0 Å². The first-order chi connectivity index (χ1) is 10.0. The fraction of sp³-hybridized carbons (Fsp3) is 0.500. The molecule has 0 aliphatic carbocycles. The van der Waals surface area contributed by atoms with E-state index in [-0.39, 0.29) is 12.6 Å². The first-order valence-electron chi connectivity index (χ1n) is 6.80. The molecule has 0 saturated heterocycles. The maximum Gasteiger partial charge on any atom is 0.348 e. The monoisotopic (exact) mass is 309 g/mol. The lowest BCUT2D eigenvalue weighted by Crippen LogP contribution is -2.10. The zero-order valence-electron chi connectivity index (χ0n) is 12.3. The standard InChI is InChI=1S/C14H19N3O3S/c1-8(2)6-20-14(19)11-9(3)10-12(15-4-5-18)16-7-17-13(10)21-11/h7-8,18H,4-6H2,1-3H3,(H,15,16,17). The number of anilines is 1. The molecule has 0 amide bonds. The van der Waals surface area contributed by atoms with E-state index < -0.39 is 0 Å². The number of aryl methyl sites for hydroxylation is 1. The van der Waals surface area contributed by atoms with Gasteiger partial charge in [0.15, 0.2) is 0 Å². The van der Waals surface area contributed by atoms with Gasteiger partial charge >= 0.3 is 5.97 Å². The van der Waals surface area contributed by atoms with Crippen molar-refractivity contribution in [3.63, 3.8) is 0 Å². The van der Waals surface area contributed by atoms with Crippen molar-refractivity contribution in [2.24, 2.45) is 5.92 Å². The minimum Gasteiger partial charge on any atom is -0.461 e. The molecule has 0 bridgehead atoms. The van der Waals surface area contributed by atoms with Crippen LogP contribution in [-0.2, 0) is 4.74 Å². The maximum atomic E-state index is 12.1. The molecule has 0 fully saturated rings. The number of rotatable bonds is 6. The average Bonchev–Trinajstić information content (AvgIpc) is 2.80. The Kier molecular flexibility index (Phi) is 5.08. The molecule has 114 valence electrons. The number of ether oxygens (including phenoxy) is 1. The van der Waals surface area contributed by atoms with Crippen LogP contribution in [0.4, 0.5) is 5.82 Å². The third kappa shape index (κ3) is 3.48. The summed E-state index contributed by atoms with van der Waals surface area (Å²) in [5, 5.41) is 12.8. The van der Waals surface area contributed by atoms with Crippen molar-refractivity contribution < 1.29 is 14.6 Å². The number of fused-ring (bicyclic) bond motifs is 1. The molecular weight excluding hydrogens is 290 g/mol. The Hall–Kier alpha value is -1.73. The quantitative estimate of drug-likeness (QED) is 0.796. The van der Waals surface area contributed by atoms with Crippen LogP contribution >= 0.6 is 11.3 Å². The minimum atomic E-state index is -0.322. The van der Waals surface area contributed by atoms with Gasteiger partial charge in [-0.2, -0.15) is 0 Å². The van der Waals surface area contributed by atoms with Crippen LogP contribution in [0, 0.1) is 12.8 Å². The molecule has 0 aliphatic rings. The maximum absolute atomic E-state index is 12.1. The van der Waals surface area contributed by atoms with E-state index in [1.54, 1.807) is 0 Å². The van der Waals surface area contributed by atoms with Gasteiger partial charge in [-0.25, -0.2) is 14.8 Å². The molecule has 2 aromatic rings.